The number of methoxy groups -OCH3 is 1. The van der Waals surface area contributed by atoms with E-state index in [1.165, 1.54) is 38.8 Å². The second-order valence-corrected chi connectivity index (χ2v) is 6.43. The number of carbonyl (C=O) groups excluding carboxylic acids is 3. The second-order valence-electron chi connectivity index (χ2n) is 6.43. The highest BCUT2D eigenvalue weighted by Gasteiger charge is 2.51. The molecule has 1 saturated heterocycles. The van der Waals surface area contributed by atoms with Crippen LogP contribution in [0.2, 0.25) is 0 Å². The Morgan fingerprint density at radius 1 is 1.10 bits per heavy atom. The number of rotatable bonds is 6. The highest BCUT2D eigenvalue weighted by molar-refractivity contribution is 5.77. The third-order valence-electron chi connectivity index (χ3n) is 4.21. The van der Waals surface area contributed by atoms with Crippen LogP contribution in [-0.2, 0) is 33.3 Å². The Bertz CT molecular complexity index is 976. The summed E-state index contributed by atoms with van der Waals surface area (Å²) in [5.74, 6) is -1.73. The summed E-state index contributed by atoms with van der Waals surface area (Å²) >= 11 is 0. The van der Waals surface area contributed by atoms with Crippen molar-refractivity contribution in [3.05, 3.63) is 6.33 Å². The lowest BCUT2D eigenvalue weighted by Crippen LogP contribution is -2.40. The first-order chi connectivity index (χ1) is 14.2. The molecule has 2 aromatic heterocycles. The molecule has 0 aliphatic carbocycles. The van der Waals surface area contributed by atoms with Crippen LogP contribution >= 0.6 is 0 Å². The Morgan fingerprint density at radius 3 is 2.37 bits per heavy atom. The number of nitrogen functional groups attached to an aromatic ring is 1. The Morgan fingerprint density at radius 2 is 1.77 bits per heavy atom. The summed E-state index contributed by atoms with van der Waals surface area (Å²) in [7, 11) is 1.40. The third-order valence-corrected chi connectivity index (χ3v) is 4.21. The molecule has 2 N–H and O–H groups in total. The van der Waals surface area contributed by atoms with Gasteiger partial charge in [-0.05, 0) is 0 Å². The molecule has 3 rings (SSSR count). The molecule has 162 valence electrons. The molecule has 1 fully saturated rings. The number of esters is 3. The minimum atomic E-state index is -1.08. The van der Waals surface area contributed by atoms with Crippen LogP contribution in [0.25, 0.3) is 11.2 Å². The van der Waals surface area contributed by atoms with Gasteiger partial charge in [0.15, 0.2) is 29.6 Å². The van der Waals surface area contributed by atoms with Gasteiger partial charge in [0.2, 0.25) is 11.8 Å². The van der Waals surface area contributed by atoms with E-state index >= 15 is 0 Å². The second kappa shape index (κ2) is 8.49. The topological polar surface area (TPSA) is 167 Å². The van der Waals surface area contributed by atoms with E-state index < -0.39 is 42.4 Å². The fraction of sp³-hybridized carbons (Fsp3) is 0.529. The molecule has 1 aliphatic heterocycles. The Labute approximate surface area is 170 Å². The van der Waals surface area contributed by atoms with Gasteiger partial charge in [-0.15, -0.1) is 0 Å². The van der Waals surface area contributed by atoms with E-state index in [-0.39, 0.29) is 24.1 Å². The normalized spacial score (nSPS) is 23.2. The minimum Gasteiger partial charge on any atom is -0.479 e. The number of nitrogens with zero attached hydrogens (tertiary/aromatic N) is 4. The summed E-state index contributed by atoms with van der Waals surface area (Å²) in [6.07, 6.45) is -2.67. The maximum absolute atomic E-state index is 11.7. The lowest BCUT2D eigenvalue weighted by atomic mass is 10.1. The predicted molar refractivity (Wildman–Crippen MR) is 97.9 cm³/mol. The number of hydrogen-bond donors (Lipinski definition) is 1. The first-order valence-corrected chi connectivity index (χ1v) is 8.88. The SMILES string of the molecule is COc1nc(N)nc2c1ncn2[C@@H]1O[C@H](COC(C)=O)[C@@H](OC(C)=O)[C@@H]1OC(C)=O. The predicted octanol–water partition coefficient (Wildman–Crippen LogP) is -0.259. The van der Waals surface area contributed by atoms with Crippen molar-refractivity contribution in [2.45, 2.75) is 45.3 Å². The van der Waals surface area contributed by atoms with Crippen molar-refractivity contribution in [3.63, 3.8) is 0 Å². The molecule has 0 saturated carbocycles. The number of carbonyl (C=O) groups is 3. The molecule has 3 heterocycles. The van der Waals surface area contributed by atoms with Crippen LogP contribution in [0, 0.1) is 0 Å². The molecule has 0 amide bonds. The van der Waals surface area contributed by atoms with Crippen molar-refractivity contribution in [2.24, 2.45) is 0 Å². The smallest absolute Gasteiger partial charge is 0.303 e. The number of hydrogen-bond acceptors (Lipinski definition) is 12. The van der Waals surface area contributed by atoms with Gasteiger partial charge in [0.25, 0.3) is 0 Å². The summed E-state index contributed by atoms with van der Waals surface area (Å²) in [5.41, 5.74) is 6.29. The summed E-state index contributed by atoms with van der Waals surface area (Å²) in [6.45, 7) is 3.41. The van der Waals surface area contributed by atoms with E-state index in [2.05, 4.69) is 15.0 Å². The molecule has 0 radical (unpaired) electrons. The van der Waals surface area contributed by atoms with E-state index in [0.717, 1.165) is 0 Å². The number of imidazole rings is 1. The molecule has 2 aromatic rings. The molecule has 13 nitrogen and oxygen atoms in total. The zero-order valence-electron chi connectivity index (χ0n) is 16.7. The van der Waals surface area contributed by atoms with Gasteiger partial charge < -0.3 is 29.4 Å². The lowest BCUT2D eigenvalue weighted by molar-refractivity contribution is -0.166. The molecule has 30 heavy (non-hydrogen) atoms. The fourth-order valence-corrected chi connectivity index (χ4v) is 3.15. The van der Waals surface area contributed by atoms with E-state index in [1.807, 2.05) is 0 Å². The van der Waals surface area contributed by atoms with Crippen molar-refractivity contribution < 1.29 is 38.1 Å². The first-order valence-electron chi connectivity index (χ1n) is 8.88. The number of aromatic nitrogens is 4. The molecule has 0 bridgehead atoms. The molecule has 0 spiro atoms. The highest BCUT2D eigenvalue weighted by atomic mass is 16.7. The van der Waals surface area contributed by atoms with Gasteiger partial charge in [-0.2, -0.15) is 9.97 Å². The maximum atomic E-state index is 11.7. The average molecular weight is 423 g/mol. The first kappa shape index (κ1) is 21.2. The van der Waals surface area contributed by atoms with Crippen molar-refractivity contribution in [1.29, 1.82) is 0 Å². The van der Waals surface area contributed by atoms with Gasteiger partial charge in [-0.3, -0.25) is 19.0 Å². The Hall–Kier alpha value is -3.48. The van der Waals surface area contributed by atoms with Crippen LogP contribution in [0.15, 0.2) is 6.33 Å². The zero-order valence-corrected chi connectivity index (χ0v) is 16.7. The third kappa shape index (κ3) is 4.25. The summed E-state index contributed by atoms with van der Waals surface area (Å²) < 4.78 is 28.3. The average Bonchev–Trinajstić information content (AvgIpc) is 3.20. The summed E-state index contributed by atoms with van der Waals surface area (Å²) in [4.78, 5) is 47.0. The van der Waals surface area contributed by atoms with Crippen LogP contribution in [0.5, 0.6) is 5.88 Å². The Balaban J connectivity index is 2.05. The maximum Gasteiger partial charge on any atom is 0.303 e. The largest absolute Gasteiger partial charge is 0.479 e. The van der Waals surface area contributed by atoms with E-state index in [1.54, 1.807) is 0 Å². The van der Waals surface area contributed by atoms with E-state index in [0.29, 0.717) is 5.52 Å². The fourth-order valence-electron chi connectivity index (χ4n) is 3.15. The number of ether oxygens (including phenoxy) is 5. The van der Waals surface area contributed by atoms with Crippen molar-refractivity contribution in [1.82, 2.24) is 19.5 Å². The van der Waals surface area contributed by atoms with E-state index in [9.17, 15) is 14.4 Å². The minimum absolute atomic E-state index is 0.0730. The van der Waals surface area contributed by atoms with Gasteiger partial charge in [0.1, 0.15) is 12.7 Å². The van der Waals surface area contributed by atoms with Crippen LogP contribution in [0.4, 0.5) is 5.95 Å². The van der Waals surface area contributed by atoms with Crippen LogP contribution in [0.1, 0.15) is 27.0 Å². The van der Waals surface area contributed by atoms with Gasteiger partial charge >= 0.3 is 17.9 Å². The van der Waals surface area contributed by atoms with Crippen molar-refractivity contribution in [2.75, 3.05) is 19.5 Å². The highest BCUT2D eigenvalue weighted by Crippen LogP contribution is 2.36. The van der Waals surface area contributed by atoms with Gasteiger partial charge in [0, 0.05) is 20.8 Å². The lowest BCUT2D eigenvalue weighted by Gasteiger charge is -2.23. The van der Waals surface area contributed by atoms with Crippen molar-refractivity contribution >= 4 is 35.0 Å². The monoisotopic (exact) mass is 423 g/mol. The number of anilines is 1. The zero-order chi connectivity index (χ0) is 22.0. The molecule has 1 aliphatic rings. The molecule has 0 unspecified atom stereocenters. The van der Waals surface area contributed by atoms with Crippen LogP contribution < -0.4 is 10.5 Å². The van der Waals surface area contributed by atoms with Gasteiger partial charge in [0.05, 0.1) is 13.4 Å². The summed E-state index contributed by atoms with van der Waals surface area (Å²) in [6, 6.07) is 0. The van der Waals surface area contributed by atoms with Crippen LogP contribution in [0.3, 0.4) is 0 Å². The number of nitrogens with two attached hydrogens (primary N) is 1. The molecule has 0 aromatic carbocycles. The van der Waals surface area contributed by atoms with Crippen molar-refractivity contribution in [3.8, 4) is 5.88 Å². The van der Waals surface area contributed by atoms with E-state index in [4.69, 9.17) is 29.4 Å². The summed E-state index contributed by atoms with van der Waals surface area (Å²) in [5, 5.41) is 0. The molecule has 4 atom stereocenters. The molecular weight excluding hydrogens is 402 g/mol. The number of fused-ring (bicyclic) bond motifs is 1. The quantitative estimate of drug-likeness (QED) is 0.478. The standard InChI is InChI=1S/C17H21N5O8/c1-7(23)27-5-10-12(28-8(2)24)13(29-9(3)25)16(30-10)22-6-19-11-14(22)20-17(18)21-15(11)26-4/h6,10,12-13,16H,5H2,1-4H3,(H2,18,20,21)/t10-,12-,13+,16-/m1/s1. The molecule has 13 heteroatoms. The van der Waals surface area contributed by atoms with Gasteiger partial charge in [-0.1, -0.05) is 0 Å². The van der Waals surface area contributed by atoms with Gasteiger partial charge in [-0.25, -0.2) is 4.98 Å². The Kier molecular flexibility index (Phi) is 6.01. The van der Waals surface area contributed by atoms with Crippen LogP contribution in [-0.4, -0.2) is 69.5 Å². The molecular formula is C17H21N5O8.